The van der Waals surface area contributed by atoms with Gasteiger partial charge < -0.3 is 10.6 Å². The number of amides is 1. The number of fused-ring (bicyclic) bond motifs is 1. The molecule has 1 unspecified atom stereocenters. The summed E-state index contributed by atoms with van der Waals surface area (Å²) in [5.41, 5.74) is 8.95. The highest BCUT2D eigenvalue weighted by Gasteiger charge is 2.33. The van der Waals surface area contributed by atoms with Crippen molar-refractivity contribution < 1.29 is 4.79 Å². The number of hydrogen-bond acceptors (Lipinski definition) is 3. The highest BCUT2D eigenvalue weighted by atomic mass is 35.5. The molecule has 20 heavy (non-hydrogen) atoms. The molecule has 0 bridgehead atoms. The van der Waals surface area contributed by atoms with Crippen molar-refractivity contribution in [2.45, 2.75) is 19.4 Å². The maximum atomic E-state index is 12.7. The highest BCUT2D eigenvalue weighted by Crippen LogP contribution is 2.38. The first-order valence-electron chi connectivity index (χ1n) is 6.14. The summed E-state index contributed by atoms with van der Waals surface area (Å²) in [5, 5.41) is 0. The molecule has 0 spiro atoms. The topological polar surface area (TPSA) is 46.3 Å². The van der Waals surface area contributed by atoms with E-state index in [0.717, 1.165) is 17.7 Å². The third kappa shape index (κ3) is 2.18. The number of nitrogens with zero attached hydrogens (tertiary/aromatic N) is 1. The Morgan fingerprint density at radius 2 is 2.15 bits per heavy atom. The van der Waals surface area contributed by atoms with E-state index in [1.807, 2.05) is 19.1 Å². The van der Waals surface area contributed by atoms with Gasteiger partial charge in [0.15, 0.2) is 0 Å². The number of thiophene rings is 1. The zero-order valence-corrected chi connectivity index (χ0v) is 13.0. The molecule has 1 atom stereocenters. The van der Waals surface area contributed by atoms with Gasteiger partial charge in [-0.1, -0.05) is 23.2 Å². The Morgan fingerprint density at radius 1 is 1.40 bits per heavy atom. The van der Waals surface area contributed by atoms with Gasteiger partial charge in [0, 0.05) is 17.4 Å². The molecule has 2 heterocycles. The molecule has 0 radical (unpaired) electrons. The van der Waals surface area contributed by atoms with E-state index in [1.165, 1.54) is 11.3 Å². The number of nitrogens with two attached hydrogens (primary N) is 1. The predicted molar refractivity (Wildman–Crippen MR) is 85.2 cm³/mol. The Bertz CT molecular complexity index is 698. The number of benzene rings is 1. The van der Waals surface area contributed by atoms with Crippen molar-refractivity contribution in [3.05, 3.63) is 44.1 Å². The maximum Gasteiger partial charge on any atom is 0.260 e. The van der Waals surface area contributed by atoms with Crippen LogP contribution in [0.1, 0.15) is 22.8 Å². The summed E-state index contributed by atoms with van der Waals surface area (Å²) in [6.45, 7) is 2.01. The van der Waals surface area contributed by atoms with E-state index >= 15 is 0 Å². The minimum Gasteiger partial charge on any atom is -0.399 e. The molecule has 1 aliphatic rings. The zero-order valence-electron chi connectivity index (χ0n) is 10.7. The van der Waals surface area contributed by atoms with Gasteiger partial charge in [-0.3, -0.25) is 4.79 Å². The van der Waals surface area contributed by atoms with Crippen molar-refractivity contribution in [2.24, 2.45) is 0 Å². The Morgan fingerprint density at radius 3 is 2.80 bits per heavy atom. The van der Waals surface area contributed by atoms with E-state index in [-0.39, 0.29) is 11.9 Å². The lowest BCUT2D eigenvalue weighted by Gasteiger charge is -2.22. The van der Waals surface area contributed by atoms with Crippen LogP contribution in [-0.4, -0.2) is 11.9 Å². The predicted octanol–water partition coefficient (Wildman–Crippen LogP) is 4.23. The van der Waals surface area contributed by atoms with Crippen LogP contribution in [0.3, 0.4) is 0 Å². The lowest BCUT2D eigenvalue weighted by molar-refractivity contribution is 0.0982. The summed E-state index contributed by atoms with van der Waals surface area (Å²) in [5.74, 6) is -0.117. The summed E-state index contributed by atoms with van der Waals surface area (Å²) in [4.78, 5) is 14.5. The third-order valence-electron chi connectivity index (χ3n) is 3.43. The molecule has 1 amide bonds. The average Bonchev–Trinajstić information content (AvgIpc) is 2.87. The first-order valence-corrected chi connectivity index (χ1v) is 7.71. The molecule has 1 aromatic heterocycles. The molecule has 0 saturated carbocycles. The smallest absolute Gasteiger partial charge is 0.260 e. The molecule has 2 aromatic rings. The van der Waals surface area contributed by atoms with E-state index in [0.29, 0.717) is 19.9 Å². The second-order valence-electron chi connectivity index (χ2n) is 4.85. The van der Waals surface area contributed by atoms with E-state index in [9.17, 15) is 4.79 Å². The standard InChI is InChI=1S/C14H12Cl2N2OS/c1-7-4-8-5-9(17)2-3-11(8)18(7)14(19)10-6-12(15)20-13(10)16/h2-3,5-7H,4,17H2,1H3. The molecule has 104 valence electrons. The second-order valence-corrected chi connectivity index (χ2v) is 7.14. The molecule has 0 fully saturated rings. The zero-order chi connectivity index (χ0) is 14.4. The fourth-order valence-corrected chi connectivity index (χ4v) is 4.02. The Kier molecular flexibility index (Phi) is 3.40. The van der Waals surface area contributed by atoms with Crippen LogP contribution in [-0.2, 0) is 6.42 Å². The molecule has 0 aliphatic carbocycles. The van der Waals surface area contributed by atoms with Gasteiger partial charge in [0.05, 0.1) is 9.90 Å². The van der Waals surface area contributed by atoms with Crippen LogP contribution < -0.4 is 10.6 Å². The summed E-state index contributed by atoms with van der Waals surface area (Å²) >= 11 is 13.2. The summed E-state index contributed by atoms with van der Waals surface area (Å²) in [6, 6.07) is 7.31. The second kappa shape index (κ2) is 4.95. The minimum atomic E-state index is -0.117. The van der Waals surface area contributed by atoms with Crippen LogP contribution in [0.25, 0.3) is 0 Å². The van der Waals surface area contributed by atoms with Crippen LogP contribution >= 0.6 is 34.5 Å². The highest BCUT2D eigenvalue weighted by molar-refractivity contribution is 7.20. The van der Waals surface area contributed by atoms with Gasteiger partial charge in [-0.05, 0) is 43.2 Å². The number of hydrogen-bond donors (Lipinski definition) is 1. The summed E-state index contributed by atoms with van der Waals surface area (Å²) in [6.07, 6.45) is 0.793. The monoisotopic (exact) mass is 326 g/mol. The molecule has 6 heteroatoms. The van der Waals surface area contributed by atoms with Crippen molar-refractivity contribution in [1.29, 1.82) is 0 Å². The van der Waals surface area contributed by atoms with Crippen molar-refractivity contribution in [3.8, 4) is 0 Å². The number of anilines is 2. The van der Waals surface area contributed by atoms with Gasteiger partial charge in [0.25, 0.3) is 5.91 Å². The van der Waals surface area contributed by atoms with Crippen molar-refractivity contribution in [3.63, 3.8) is 0 Å². The van der Waals surface area contributed by atoms with Crippen LogP contribution in [0.15, 0.2) is 24.3 Å². The fraction of sp³-hybridized carbons (Fsp3) is 0.214. The minimum absolute atomic E-state index is 0.0778. The SMILES string of the molecule is CC1Cc2cc(N)ccc2N1C(=O)c1cc(Cl)sc1Cl. The molecular weight excluding hydrogens is 315 g/mol. The van der Waals surface area contributed by atoms with Crippen LogP contribution in [0, 0.1) is 0 Å². The Hall–Kier alpha value is -1.23. The maximum absolute atomic E-state index is 12.7. The number of rotatable bonds is 1. The lowest BCUT2D eigenvalue weighted by atomic mass is 10.1. The van der Waals surface area contributed by atoms with Crippen molar-refractivity contribution in [1.82, 2.24) is 0 Å². The van der Waals surface area contributed by atoms with Crippen LogP contribution in [0.2, 0.25) is 8.67 Å². The largest absolute Gasteiger partial charge is 0.399 e. The van der Waals surface area contributed by atoms with Crippen molar-refractivity contribution >= 4 is 51.8 Å². The quantitative estimate of drug-likeness (QED) is 0.797. The summed E-state index contributed by atoms with van der Waals surface area (Å²) < 4.78 is 0.943. The normalized spacial score (nSPS) is 17.4. The van der Waals surface area contributed by atoms with Crippen molar-refractivity contribution in [2.75, 3.05) is 10.6 Å². The van der Waals surface area contributed by atoms with Crippen LogP contribution in [0.5, 0.6) is 0 Å². The molecule has 1 aromatic carbocycles. The Balaban J connectivity index is 2.03. The van der Waals surface area contributed by atoms with Gasteiger partial charge in [-0.2, -0.15) is 0 Å². The molecule has 2 N–H and O–H groups in total. The van der Waals surface area contributed by atoms with Gasteiger partial charge in [0.1, 0.15) is 4.34 Å². The fourth-order valence-electron chi connectivity index (χ4n) is 2.58. The first-order chi connectivity index (χ1) is 9.47. The van der Waals surface area contributed by atoms with E-state index in [2.05, 4.69) is 0 Å². The lowest BCUT2D eigenvalue weighted by Crippen LogP contribution is -2.35. The van der Waals surface area contributed by atoms with E-state index in [1.54, 1.807) is 17.0 Å². The molecular formula is C14H12Cl2N2OS. The van der Waals surface area contributed by atoms with Gasteiger partial charge >= 0.3 is 0 Å². The molecule has 3 nitrogen and oxygen atoms in total. The van der Waals surface area contributed by atoms with Gasteiger partial charge in [0.2, 0.25) is 0 Å². The number of carbonyl (C=O) groups excluding carboxylic acids is 1. The number of halogens is 2. The molecule has 1 aliphatic heterocycles. The van der Waals surface area contributed by atoms with Crippen LogP contribution in [0.4, 0.5) is 11.4 Å². The Labute approximate surface area is 130 Å². The number of carbonyl (C=O) groups is 1. The third-order valence-corrected chi connectivity index (χ3v) is 4.91. The average molecular weight is 327 g/mol. The van der Waals surface area contributed by atoms with E-state index < -0.39 is 0 Å². The molecule has 3 rings (SSSR count). The van der Waals surface area contributed by atoms with Gasteiger partial charge in [-0.25, -0.2) is 0 Å². The summed E-state index contributed by atoms with van der Waals surface area (Å²) in [7, 11) is 0. The first kappa shape index (κ1) is 13.7. The van der Waals surface area contributed by atoms with Gasteiger partial charge in [-0.15, -0.1) is 11.3 Å². The molecule has 0 saturated heterocycles. The van der Waals surface area contributed by atoms with E-state index in [4.69, 9.17) is 28.9 Å². The number of nitrogen functional groups attached to an aromatic ring is 1.